The van der Waals surface area contributed by atoms with Crippen LogP contribution in [0.4, 0.5) is 0 Å². The smallest absolute Gasteiger partial charge is 0.353 e. The zero-order chi connectivity index (χ0) is 15.7. The maximum atomic E-state index is 12.2. The van der Waals surface area contributed by atoms with Crippen molar-refractivity contribution in [3.05, 3.63) is 62.8 Å². The summed E-state index contributed by atoms with van der Waals surface area (Å²) in [6.07, 6.45) is 0. The number of carbonyl (C=O) groups excluding carboxylic acids is 2. The first-order valence-electron chi connectivity index (χ1n) is 6.56. The Morgan fingerprint density at radius 1 is 1.00 bits per heavy atom. The van der Waals surface area contributed by atoms with Crippen LogP contribution >= 0.6 is 27.3 Å². The average Bonchev–Trinajstić information content (AvgIpc) is 3.00. The van der Waals surface area contributed by atoms with E-state index in [1.54, 1.807) is 18.2 Å². The van der Waals surface area contributed by atoms with E-state index in [-0.39, 0.29) is 5.78 Å². The quantitative estimate of drug-likeness (QED) is 0.364. The van der Waals surface area contributed by atoms with E-state index < -0.39 is 5.97 Å². The molecule has 0 aliphatic carbocycles. The topological polar surface area (TPSA) is 43.4 Å². The number of ketones is 1. The number of fused-ring (bicyclic) bond motifs is 1. The fourth-order valence-corrected chi connectivity index (χ4v) is 3.43. The lowest BCUT2D eigenvalue weighted by Crippen LogP contribution is -2.06. The van der Waals surface area contributed by atoms with E-state index in [0.717, 1.165) is 26.6 Å². The summed E-state index contributed by atoms with van der Waals surface area (Å²) < 4.78 is 6.18. The van der Waals surface area contributed by atoms with Crippen molar-refractivity contribution >= 4 is 49.8 Å². The molecule has 0 saturated heterocycles. The highest BCUT2D eigenvalue weighted by molar-refractivity contribution is 9.10. The molecule has 22 heavy (non-hydrogen) atoms. The van der Waals surface area contributed by atoms with Crippen molar-refractivity contribution in [1.82, 2.24) is 0 Å². The molecule has 0 radical (unpaired) electrons. The third kappa shape index (κ3) is 2.82. The monoisotopic (exact) mass is 374 g/mol. The molecule has 1 aromatic heterocycles. The highest BCUT2D eigenvalue weighted by Gasteiger charge is 2.15. The Kier molecular flexibility index (Phi) is 4.09. The van der Waals surface area contributed by atoms with E-state index in [0.29, 0.717) is 15.5 Å². The van der Waals surface area contributed by atoms with E-state index in [1.165, 1.54) is 6.92 Å². The third-order valence-electron chi connectivity index (χ3n) is 3.18. The summed E-state index contributed by atoms with van der Waals surface area (Å²) in [7, 11) is 0. The number of rotatable bonds is 3. The van der Waals surface area contributed by atoms with Gasteiger partial charge in [-0.15, -0.1) is 11.3 Å². The van der Waals surface area contributed by atoms with Gasteiger partial charge in [-0.3, -0.25) is 4.79 Å². The number of hydrogen-bond donors (Lipinski definition) is 0. The van der Waals surface area contributed by atoms with Crippen molar-refractivity contribution in [3.8, 4) is 5.75 Å². The second kappa shape index (κ2) is 6.02. The molecule has 0 aliphatic heterocycles. The van der Waals surface area contributed by atoms with Gasteiger partial charge in [-0.1, -0.05) is 30.3 Å². The normalized spacial score (nSPS) is 10.6. The van der Waals surface area contributed by atoms with Gasteiger partial charge in [0.15, 0.2) is 5.78 Å². The van der Waals surface area contributed by atoms with Crippen LogP contribution in [-0.2, 0) is 0 Å². The molecule has 110 valence electrons. The number of benzene rings is 2. The maximum Gasteiger partial charge on any atom is 0.353 e. The SMILES string of the molecule is CC(=O)c1ccc(C(=O)Oc2ccc3ccccc3c2Br)s1. The molecule has 3 nitrogen and oxygen atoms in total. The van der Waals surface area contributed by atoms with Gasteiger partial charge in [-0.25, -0.2) is 4.79 Å². The molecule has 3 rings (SSSR count). The molecule has 5 heteroatoms. The van der Waals surface area contributed by atoms with Crippen molar-refractivity contribution in [1.29, 1.82) is 0 Å². The van der Waals surface area contributed by atoms with Crippen molar-refractivity contribution < 1.29 is 14.3 Å². The van der Waals surface area contributed by atoms with Crippen LogP contribution in [0.1, 0.15) is 26.3 Å². The molecule has 0 fully saturated rings. The lowest BCUT2D eigenvalue weighted by Gasteiger charge is -2.08. The minimum absolute atomic E-state index is 0.0593. The fourth-order valence-electron chi connectivity index (χ4n) is 2.08. The Bertz CT molecular complexity index is 882. The number of hydrogen-bond acceptors (Lipinski definition) is 4. The molecule has 0 unspecified atom stereocenters. The Morgan fingerprint density at radius 3 is 2.45 bits per heavy atom. The first-order valence-corrected chi connectivity index (χ1v) is 8.17. The number of carbonyl (C=O) groups is 2. The molecule has 3 aromatic rings. The van der Waals surface area contributed by atoms with Crippen molar-refractivity contribution in [2.45, 2.75) is 6.92 Å². The van der Waals surface area contributed by atoms with Crippen molar-refractivity contribution in [2.24, 2.45) is 0 Å². The van der Waals surface area contributed by atoms with Crippen LogP contribution in [0.2, 0.25) is 0 Å². The Balaban J connectivity index is 1.90. The van der Waals surface area contributed by atoms with E-state index in [1.807, 2.05) is 30.3 Å². The molecule has 1 heterocycles. The van der Waals surface area contributed by atoms with E-state index in [2.05, 4.69) is 15.9 Å². The minimum Gasteiger partial charge on any atom is -0.421 e. The van der Waals surface area contributed by atoms with Gasteiger partial charge in [0.2, 0.25) is 0 Å². The van der Waals surface area contributed by atoms with Gasteiger partial charge < -0.3 is 4.74 Å². The molecule has 0 aliphatic rings. The van der Waals surface area contributed by atoms with Gasteiger partial charge in [0.25, 0.3) is 0 Å². The van der Waals surface area contributed by atoms with Crippen LogP contribution in [0.25, 0.3) is 10.8 Å². The highest BCUT2D eigenvalue weighted by atomic mass is 79.9. The first-order chi connectivity index (χ1) is 10.6. The summed E-state index contributed by atoms with van der Waals surface area (Å²) in [4.78, 5) is 24.4. The number of Topliss-reactive ketones (excluding diaryl/α,β-unsaturated/α-hetero) is 1. The van der Waals surface area contributed by atoms with Crippen LogP contribution in [0.3, 0.4) is 0 Å². The summed E-state index contributed by atoms with van der Waals surface area (Å²) in [6, 6.07) is 14.7. The standard InChI is InChI=1S/C17H11BrO3S/c1-10(19)14-8-9-15(22-14)17(20)21-13-7-6-11-4-2-3-5-12(11)16(13)18/h2-9H,1H3. The molecule has 0 bridgehead atoms. The third-order valence-corrected chi connectivity index (χ3v) is 5.17. The maximum absolute atomic E-state index is 12.2. The average molecular weight is 375 g/mol. The molecule has 0 N–H and O–H groups in total. The molecule has 0 atom stereocenters. The van der Waals surface area contributed by atoms with Crippen LogP contribution in [0.15, 0.2) is 53.0 Å². The Hall–Kier alpha value is -1.98. The first kappa shape index (κ1) is 14.9. The summed E-state index contributed by atoms with van der Waals surface area (Å²) in [5, 5.41) is 2.03. The molecule has 0 spiro atoms. The van der Waals surface area contributed by atoms with Crippen LogP contribution in [-0.4, -0.2) is 11.8 Å². The van der Waals surface area contributed by atoms with E-state index in [9.17, 15) is 9.59 Å². The number of halogens is 1. The zero-order valence-corrected chi connectivity index (χ0v) is 14.0. The summed E-state index contributed by atoms with van der Waals surface area (Å²) in [5.74, 6) is -0.0640. The van der Waals surface area contributed by atoms with Gasteiger partial charge in [0.1, 0.15) is 10.6 Å². The fraction of sp³-hybridized carbons (Fsp3) is 0.0588. The minimum atomic E-state index is -0.464. The number of ether oxygens (including phenoxy) is 1. The van der Waals surface area contributed by atoms with Crippen LogP contribution in [0.5, 0.6) is 5.75 Å². The van der Waals surface area contributed by atoms with Gasteiger partial charge in [-0.05, 0) is 51.8 Å². The predicted octanol–water partition coefficient (Wildman–Crippen LogP) is 5.09. The lowest BCUT2D eigenvalue weighted by atomic mass is 10.1. The number of thiophene rings is 1. The summed E-state index contributed by atoms with van der Waals surface area (Å²) >= 11 is 4.62. The van der Waals surface area contributed by atoms with Gasteiger partial charge >= 0.3 is 5.97 Å². The molecular formula is C17H11BrO3S. The predicted molar refractivity (Wildman–Crippen MR) is 90.9 cm³/mol. The molecular weight excluding hydrogens is 364 g/mol. The second-order valence-electron chi connectivity index (χ2n) is 4.71. The summed E-state index contributed by atoms with van der Waals surface area (Å²) in [6.45, 7) is 1.47. The molecule has 0 amide bonds. The molecule has 2 aromatic carbocycles. The van der Waals surface area contributed by atoms with Crippen LogP contribution in [0, 0.1) is 0 Å². The Labute approximate surface area is 139 Å². The second-order valence-corrected chi connectivity index (χ2v) is 6.59. The van der Waals surface area contributed by atoms with Crippen LogP contribution < -0.4 is 4.74 Å². The van der Waals surface area contributed by atoms with Gasteiger partial charge in [0.05, 0.1) is 9.35 Å². The number of esters is 1. The van der Waals surface area contributed by atoms with Gasteiger partial charge in [-0.2, -0.15) is 0 Å². The van der Waals surface area contributed by atoms with Crippen molar-refractivity contribution in [3.63, 3.8) is 0 Å². The lowest BCUT2D eigenvalue weighted by molar-refractivity contribution is 0.0738. The zero-order valence-electron chi connectivity index (χ0n) is 11.6. The van der Waals surface area contributed by atoms with Gasteiger partial charge in [0, 0.05) is 0 Å². The van der Waals surface area contributed by atoms with E-state index in [4.69, 9.17) is 4.74 Å². The van der Waals surface area contributed by atoms with E-state index >= 15 is 0 Å². The largest absolute Gasteiger partial charge is 0.421 e. The van der Waals surface area contributed by atoms with Crippen molar-refractivity contribution in [2.75, 3.05) is 0 Å². The summed E-state index contributed by atoms with van der Waals surface area (Å²) in [5.41, 5.74) is 0. The molecule has 0 saturated carbocycles. The highest BCUT2D eigenvalue weighted by Crippen LogP contribution is 2.33. The Morgan fingerprint density at radius 2 is 1.73 bits per heavy atom.